The second kappa shape index (κ2) is 9.02. The van der Waals surface area contributed by atoms with Gasteiger partial charge in [0.2, 0.25) is 0 Å². The van der Waals surface area contributed by atoms with E-state index in [1.807, 2.05) is 24.3 Å². The predicted octanol–water partition coefficient (Wildman–Crippen LogP) is 4.55. The molecule has 8 heteroatoms. The van der Waals surface area contributed by atoms with Gasteiger partial charge in [0.05, 0.1) is 28.8 Å². The lowest BCUT2D eigenvalue weighted by molar-refractivity contribution is -0.151. The molecule has 2 aromatic carbocycles. The van der Waals surface area contributed by atoms with Crippen molar-refractivity contribution >= 4 is 45.0 Å². The van der Waals surface area contributed by atoms with Crippen molar-refractivity contribution in [2.45, 2.75) is 19.4 Å². The number of amides is 1. The Kier molecular flexibility index (Phi) is 6.20. The first kappa shape index (κ1) is 20.6. The molecule has 0 N–H and O–H groups in total. The summed E-state index contributed by atoms with van der Waals surface area (Å²) >= 11 is 7.57. The van der Waals surface area contributed by atoms with E-state index in [2.05, 4.69) is 4.98 Å². The van der Waals surface area contributed by atoms with Crippen molar-refractivity contribution in [2.24, 2.45) is 5.92 Å². The second-order valence-corrected chi connectivity index (χ2v) is 8.65. The van der Waals surface area contributed by atoms with E-state index in [0.29, 0.717) is 42.3 Å². The number of aromatic nitrogens is 1. The van der Waals surface area contributed by atoms with Crippen LogP contribution in [0.4, 0.5) is 0 Å². The minimum Gasteiger partial charge on any atom is -0.496 e. The van der Waals surface area contributed by atoms with Crippen LogP contribution in [0.15, 0.2) is 42.5 Å². The van der Waals surface area contributed by atoms with Crippen molar-refractivity contribution in [2.75, 3.05) is 20.2 Å². The smallest absolute Gasteiger partial charge is 0.309 e. The number of methoxy groups -OCH3 is 1. The van der Waals surface area contributed by atoms with Gasteiger partial charge in [-0.25, -0.2) is 4.98 Å². The Morgan fingerprint density at radius 1 is 1.20 bits per heavy atom. The summed E-state index contributed by atoms with van der Waals surface area (Å²) in [6, 6.07) is 12.8. The van der Waals surface area contributed by atoms with Gasteiger partial charge in [0, 0.05) is 18.1 Å². The number of rotatable bonds is 5. The molecule has 1 aliphatic heterocycles. The lowest BCUT2D eigenvalue weighted by atomic mass is 9.96. The van der Waals surface area contributed by atoms with Crippen LogP contribution in [0.2, 0.25) is 5.02 Å². The summed E-state index contributed by atoms with van der Waals surface area (Å²) < 4.78 is 11.9. The molecule has 6 nitrogen and oxygen atoms in total. The van der Waals surface area contributed by atoms with Gasteiger partial charge in [-0.2, -0.15) is 0 Å². The Morgan fingerprint density at radius 2 is 1.97 bits per heavy atom. The summed E-state index contributed by atoms with van der Waals surface area (Å²) in [7, 11) is 1.52. The van der Waals surface area contributed by atoms with Crippen LogP contribution in [-0.2, 0) is 16.1 Å². The lowest BCUT2D eigenvalue weighted by Crippen LogP contribution is -2.40. The number of thiazole rings is 1. The molecule has 0 spiro atoms. The van der Waals surface area contributed by atoms with E-state index in [1.165, 1.54) is 18.4 Å². The average molecular weight is 445 g/mol. The minimum atomic E-state index is -0.235. The molecule has 3 aromatic rings. The number of esters is 1. The Hall–Kier alpha value is -2.64. The van der Waals surface area contributed by atoms with Crippen LogP contribution >= 0.6 is 22.9 Å². The number of likely N-dealkylation sites (tertiary alicyclic amines) is 1. The molecule has 1 aliphatic rings. The van der Waals surface area contributed by atoms with Gasteiger partial charge in [-0.1, -0.05) is 23.7 Å². The molecule has 0 radical (unpaired) electrons. The Bertz CT molecular complexity index is 1040. The zero-order chi connectivity index (χ0) is 21.1. The maximum Gasteiger partial charge on any atom is 0.309 e. The Labute approximate surface area is 183 Å². The standard InChI is InChI=1S/C22H21ClN2O4S/c1-28-18-7-6-15(23)12-16(18)21(26)25-10-8-14(9-11-25)22(27)29-13-20-24-17-4-2-3-5-19(17)30-20/h2-7,12,14H,8-11,13H2,1H3. The number of carbonyl (C=O) groups is 2. The van der Waals surface area contributed by atoms with E-state index < -0.39 is 0 Å². The van der Waals surface area contributed by atoms with Gasteiger partial charge >= 0.3 is 5.97 Å². The zero-order valence-corrected chi connectivity index (χ0v) is 18.0. The summed E-state index contributed by atoms with van der Waals surface area (Å²) in [4.78, 5) is 31.6. The first-order valence-corrected chi connectivity index (χ1v) is 10.9. The van der Waals surface area contributed by atoms with E-state index in [-0.39, 0.29) is 24.4 Å². The summed E-state index contributed by atoms with van der Waals surface area (Å²) in [6.45, 7) is 1.14. The number of nitrogens with zero attached hydrogens (tertiary/aromatic N) is 2. The highest BCUT2D eigenvalue weighted by Gasteiger charge is 2.30. The summed E-state index contributed by atoms with van der Waals surface area (Å²) in [5.74, 6) is -0.108. The lowest BCUT2D eigenvalue weighted by Gasteiger charge is -2.31. The number of carbonyl (C=O) groups excluding carboxylic acids is 2. The quantitative estimate of drug-likeness (QED) is 0.540. The fourth-order valence-corrected chi connectivity index (χ4v) is 4.62. The average Bonchev–Trinajstić information content (AvgIpc) is 3.20. The highest BCUT2D eigenvalue weighted by molar-refractivity contribution is 7.18. The van der Waals surface area contributed by atoms with Gasteiger partial charge in [0.15, 0.2) is 0 Å². The SMILES string of the molecule is COc1ccc(Cl)cc1C(=O)N1CCC(C(=O)OCc2nc3ccccc3s2)CC1. The molecule has 1 amide bonds. The highest BCUT2D eigenvalue weighted by atomic mass is 35.5. The number of para-hydroxylation sites is 1. The van der Waals surface area contributed by atoms with Gasteiger partial charge in [-0.3, -0.25) is 9.59 Å². The van der Waals surface area contributed by atoms with E-state index >= 15 is 0 Å². The van der Waals surface area contributed by atoms with Crippen molar-refractivity contribution in [3.63, 3.8) is 0 Å². The Morgan fingerprint density at radius 3 is 2.70 bits per heavy atom. The van der Waals surface area contributed by atoms with Crippen LogP contribution in [0.3, 0.4) is 0 Å². The number of benzene rings is 2. The number of hydrogen-bond donors (Lipinski definition) is 0. The molecule has 156 valence electrons. The van der Waals surface area contributed by atoms with Gasteiger partial charge in [0.1, 0.15) is 17.4 Å². The van der Waals surface area contributed by atoms with Crippen molar-refractivity contribution in [3.05, 3.63) is 58.1 Å². The molecular weight excluding hydrogens is 424 g/mol. The largest absolute Gasteiger partial charge is 0.496 e. The van der Waals surface area contributed by atoms with Crippen LogP contribution in [0, 0.1) is 5.92 Å². The van der Waals surface area contributed by atoms with E-state index in [4.69, 9.17) is 21.1 Å². The minimum absolute atomic E-state index is 0.143. The number of piperidine rings is 1. The molecule has 30 heavy (non-hydrogen) atoms. The third kappa shape index (κ3) is 4.42. The number of ether oxygens (including phenoxy) is 2. The molecule has 0 unspecified atom stereocenters. The molecule has 0 saturated carbocycles. The second-order valence-electron chi connectivity index (χ2n) is 7.09. The summed E-state index contributed by atoms with van der Waals surface area (Å²) in [5, 5.41) is 1.26. The van der Waals surface area contributed by atoms with E-state index in [9.17, 15) is 9.59 Å². The number of fused-ring (bicyclic) bond motifs is 1. The molecule has 1 saturated heterocycles. The van der Waals surface area contributed by atoms with Crippen LogP contribution < -0.4 is 4.74 Å². The van der Waals surface area contributed by atoms with Crippen molar-refractivity contribution < 1.29 is 19.1 Å². The molecule has 1 aromatic heterocycles. The topological polar surface area (TPSA) is 68.7 Å². The first-order chi connectivity index (χ1) is 14.5. The van der Waals surface area contributed by atoms with Crippen LogP contribution in [0.1, 0.15) is 28.2 Å². The van der Waals surface area contributed by atoms with Crippen molar-refractivity contribution in [3.8, 4) is 5.75 Å². The number of halogens is 1. The van der Waals surface area contributed by atoms with Gasteiger partial charge in [-0.15, -0.1) is 11.3 Å². The maximum absolute atomic E-state index is 12.9. The summed E-state index contributed by atoms with van der Waals surface area (Å²) in [5.41, 5.74) is 1.35. The van der Waals surface area contributed by atoms with Gasteiger partial charge < -0.3 is 14.4 Å². The molecule has 0 aliphatic carbocycles. The molecule has 4 rings (SSSR count). The predicted molar refractivity (Wildman–Crippen MR) is 116 cm³/mol. The Balaban J connectivity index is 1.32. The zero-order valence-electron chi connectivity index (χ0n) is 16.5. The third-order valence-electron chi connectivity index (χ3n) is 5.18. The normalized spacial score (nSPS) is 14.7. The van der Waals surface area contributed by atoms with Crippen LogP contribution in [0.5, 0.6) is 5.75 Å². The molecule has 1 fully saturated rings. The molecule has 0 bridgehead atoms. The van der Waals surface area contributed by atoms with Crippen molar-refractivity contribution in [1.82, 2.24) is 9.88 Å². The third-order valence-corrected chi connectivity index (χ3v) is 6.43. The molecule has 0 atom stereocenters. The summed E-state index contributed by atoms with van der Waals surface area (Å²) in [6.07, 6.45) is 1.13. The van der Waals surface area contributed by atoms with Crippen LogP contribution in [0.25, 0.3) is 10.2 Å². The van der Waals surface area contributed by atoms with Crippen molar-refractivity contribution in [1.29, 1.82) is 0 Å². The monoisotopic (exact) mass is 444 g/mol. The fraction of sp³-hybridized carbons (Fsp3) is 0.318. The first-order valence-electron chi connectivity index (χ1n) is 9.69. The van der Waals surface area contributed by atoms with Crippen LogP contribution in [-0.4, -0.2) is 42.0 Å². The molecule has 2 heterocycles. The molecular formula is C22H21ClN2O4S. The maximum atomic E-state index is 12.9. The van der Waals surface area contributed by atoms with Gasteiger partial charge in [-0.05, 0) is 43.2 Å². The number of hydrogen-bond acceptors (Lipinski definition) is 6. The van der Waals surface area contributed by atoms with Gasteiger partial charge in [0.25, 0.3) is 5.91 Å². The van der Waals surface area contributed by atoms with E-state index in [0.717, 1.165) is 15.2 Å². The highest BCUT2D eigenvalue weighted by Crippen LogP contribution is 2.27. The fourth-order valence-electron chi connectivity index (χ4n) is 3.57. The van der Waals surface area contributed by atoms with E-state index in [1.54, 1.807) is 23.1 Å².